The molecule has 20 heavy (non-hydrogen) atoms. The van der Waals surface area contributed by atoms with Crippen LogP contribution in [0.2, 0.25) is 0 Å². The maximum absolute atomic E-state index is 11.9. The maximum atomic E-state index is 11.9. The van der Waals surface area contributed by atoms with Crippen LogP contribution < -0.4 is 10.6 Å². The predicted molar refractivity (Wildman–Crippen MR) is 71.8 cm³/mol. The summed E-state index contributed by atoms with van der Waals surface area (Å²) in [7, 11) is 0. The first kappa shape index (κ1) is 14.0. The highest BCUT2D eigenvalue weighted by Crippen LogP contribution is 2.11. The van der Waals surface area contributed by atoms with E-state index in [1.165, 1.54) is 6.92 Å². The largest absolute Gasteiger partial charge is 0.451 e. The number of benzene rings is 1. The van der Waals surface area contributed by atoms with Crippen molar-refractivity contribution in [2.45, 2.75) is 31.9 Å². The molecule has 106 valence electrons. The number of para-hydroxylation sites is 1. The number of hydrogen-bond donors (Lipinski definition) is 2. The monoisotopic (exact) mass is 276 g/mol. The van der Waals surface area contributed by atoms with Crippen LogP contribution in [0.1, 0.15) is 19.8 Å². The third-order valence-corrected chi connectivity index (χ3v) is 2.98. The summed E-state index contributed by atoms with van der Waals surface area (Å²) in [5.41, 5.74) is 0.634. The van der Waals surface area contributed by atoms with Crippen molar-refractivity contribution in [2.75, 3.05) is 5.32 Å². The highest BCUT2D eigenvalue weighted by Gasteiger charge is 2.30. The van der Waals surface area contributed by atoms with Crippen LogP contribution in [0.15, 0.2) is 30.3 Å². The fraction of sp³-hybridized carbons (Fsp3) is 0.357. The zero-order valence-corrected chi connectivity index (χ0v) is 11.1. The van der Waals surface area contributed by atoms with E-state index in [1.807, 2.05) is 6.07 Å². The Balaban J connectivity index is 1.85. The zero-order chi connectivity index (χ0) is 14.5. The van der Waals surface area contributed by atoms with Crippen LogP contribution in [0.25, 0.3) is 0 Å². The molecule has 2 rings (SSSR count). The van der Waals surface area contributed by atoms with Crippen molar-refractivity contribution < 1.29 is 19.1 Å². The molecule has 1 fully saturated rings. The van der Waals surface area contributed by atoms with Gasteiger partial charge in [0, 0.05) is 12.1 Å². The van der Waals surface area contributed by atoms with Crippen LogP contribution in [0.3, 0.4) is 0 Å². The van der Waals surface area contributed by atoms with Crippen molar-refractivity contribution in [2.24, 2.45) is 0 Å². The number of esters is 1. The highest BCUT2D eigenvalue weighted by molar-refractivity contribution is 5.96. The van der Waals surface area contributed by atoms with Crippen LogP contribution in [0, 0.1) is 0 Å². The van der Waals surface area contributed by atoms with Gasteiger partial charge < -0.3 is 15.4 Å². The van der Waals surface area contributed by atoms with Crippen LogP contribution in [-0.2, 0) is 19.1 Å². The van der Waals surface area contributed by atoms with E-state index in [0.29, 0.717) is 18.5 Å². The topological polar surface area (TPSA) is 84.5 Å². The first-order valence-electron chi connectivity index (χ1n) is 6.42. The number of ether oxygens (including phenoxy) is 1. The van der Waals surface area contributed by atoms with Gasteiger partial charge in [-0.2, -0.15) is 0 Å². The Kier molecular flexibility index (Phi) is 4.34. The summed E-state index contributed by atoms with van der Waals surface area (Å²) in [6, 6.07) is 8.25. The fourth-order valence-corrected chi connectivity index (χ4v) is 1.87. The van der Waals surface area contributed by atoms with E-state index in [1.54, 1.807) is 24.3 Å². The molecular weight excluding hydrogens is 260 g/mol. The molecule has 0 radical (unpaired) electrons. The van der Waals surface area contributed by atoms with Gasteiger partial charge in [0.05, 0.1) is 0 Å². The summed E-state index contributed by atoms with van der Waals surface area (Å²) < 4.78 is 5.05. The number of anilines is 1. The van der Waals surface area contributed by atoms with Crippen LogP contribution >= 0.6 is 0 Å². The summed E-state index contributed by atoms with van der Waals surface area (Å²) in [6.45, 7) is 1.49. The summed E-state index contributed by atoms with van der Waals surface area (Å²) in [5, 5.41) is 5.15. The Bertz CT molecular complexity index is 515. The average Bonchev–Trinajstić information content (AvgIpc) is 2.86. The standard InChI is InChI=1S/C14H16N2O4/c1-9(13(18)15-10-5-3-2-4-6-10)20-14(19)11-7-8-12(17)16-11/h2-6,9,11H,7-8H2,1H3,(H,15,18)(H,16,17)/t9-,11-/m1/s1. The summed E-state index contributed by atoms with van der Waals surface area (Å²) >= 11 is 0. The summed E-state index contributed by atoms with van der Waals surface area (Å²) in [5.74, 6) is -1.16. The normalized spacial score (nSPS) is 19.1. The first-order chi connectivity index (χ1) is 9.56. The second kappa shape index (κ2) is 6.18. The van der Waals surface area contributed by atoms with Gasteiger partial charge in [-0.25, -0.2) is 4.79 Å². The Morgan fingerprint density at radius 1 is 1.35 bits per heavy atom. The minimum absolute atomic E-state index is 0.173. The van der Waals surface area contributed by atoms with Gasteiger partial charge >= 0.3 is 5.97 Å². The lowest BCUT2D eigenvalue weighted by Crippen LogP contribution is -2.39. The quantitative estimate of drug-likeness (QED) is 0.798. The van der Waals surface area contributed by atoms with Gasteiger partial charge in [0.2, 0.25) is 5.91 Å². The molecule has 0 spiro atoms. The Hall–Kier alpha value is -2.37. The molecule has 2 amide bonds. The maximum Gasteiger partial charge on any atom is 0.329 e. The van der Waals surface area contributed by atoms with Crippen molar-refractivity contribution in [1.29, 1.82) is 0 Å². The minimum atomic E-state index is -0.916. The van der Waals surface area contributed by atoms with E-state index in [2.05, 4.69) is 10.6 Å². The van der Waals surface area contributed by atoms with Gasteiger partial charge in [-0.05, 0) is 25.5 Å². The van der Waals surface area contributed by atoms with Crippen molar-refractivity contribution >= 4 is 23.5 Å². The molecule has 0 aromatic heterocycles. The van der Waals surface area contributed by atoms with Crippen LogP contribution in [0.5, 0.6) is 0 Å². The van der Waals surface area contributed by atoms with Crippen molar-refractivity contribution in [3.63, 3.8) is 0 Å². The number of carbonyl (C=O) groups is 3. The highest BCUT2D eigenvalue weighted by atomic mass is 16.5. The van der Waals surface area contributed by atoms with E-state index in [9.17, 15) is 14.4 Å². The van der Waals surface area contributed by atoms with Crippen LogP contribution in [-0.4, -0.2) is 29.9 Å². The predicted octanol–water partition coefficient (Wildman–Crippen LogP) is 0.835. The second-order valence-electron chi connectivity index (χ2n) is 4.59. The number of rotatable bonds is 4. The SMILES string of the molecule is C[C@@H](OC(=O)[C@H]1CCC(=O)N1)C(=O)Nc1ccccc1. The van der Waals surface area contributed by atoms with Crippen molar-refractivity contribution in [1.82, 2.24) is 5.32 Å². The van der Waals surface area contributed by atoms with Gasteiger partial charge in [-0.1, -0.05) is 18.2 Å². The Morgan fingerprint density at radius 2 is 2.05 bits per heavy atom. The van der Waals surface area contributed by atoms with Gasteiger partial charge in [0.1, 0.15) is 6.04 Å². The molecule has 2 atom stereocenters. The Labute approximate surface area is 116 Å². The number of amides is 2. The lowest BCUT2D eigenvalue weighted by atomic mass is 10.2. The molecule has 0 aliphatic carbocycles. The van der Waals surface area contributed by atoms with E-state index >= 15 is 0 Å². The molecule has 0 bridgehead atoms. The molecule has 0 unspecified atom stereocenters. The molecule has 1 aliphatic heterocycles. The Morgan fingerprint density at radius 3 is 2.65 bits per heavy atom. The van der Waals surface area contributed by atoms with E-state index in [-0.39, 0.29) is 5.91 Å². The molecular formula is C14H16N2O4. The minimum Gasteiger partial charge on any atom is -0.451 e. The third kappa shape index (κ3) is 3.57. The van der Waals surface area contributed by atoms with Gasteiger partial charge in [-0.15, -0.1) is 0 Å². The molecule has 1 saturated heterocycles. The lowest BCUT2D eigenvalue weighted by Gasteiger charge is -2.16. The molecule has 1 aromatic carbocycles. The molecule has 2 N–H and O–H groups in total. The van der Waals surface area contributed by atoms with Gasteiger partial charge in [0.15, 0.2) is 6.10 Å². The third-order valence-electron chi connectivity index (χ3n) is 2.98. The number of hydrogen-bond acceptors (Lipinski definition) is 4. The number of nitrogens with one attached hydrogen (secondary N) is 2. The zero-order valence-electron chi connectivity index (χ0n) is 11.1. The van der Waals surface area contributed by atoms with Crippen LogP contribution in [0.4, 0.5) is 5.69 Å². The lowest BCUT2D eigenvalue weighted by molar-refractivity contribution is -0.155. The fourth-order valence-electron chi connectivity index (χ4n) is 1.87. The number of carbonyl (C=O) groups excluding carboxylic acids is 3. The second-order valence-corrected chi connectivity index (χ2v) is 4.59. The molecule has 1 aliphatic rings. The van der Waals surface area contributed by atoms with E-state index in [0.717, 1.165) is 0 Å². The van der Waals surface area contributed by atoms with E-state index < -0.39 is 24.0 Å². The van der Waals surface area contributed by atoms with Crippen molar-refractivity contribution in [3.05, 3.63) is 30.3 Å². The molecule has 1 heterocycles. The molecule has 6 nitrogen and oxygen atoms in total. The summed E-state index contributed by atoms with van der Waals surface area (Å²) in [4.78, 5) is 34.6. The molecule has 1 aromatic rings. The summed E-state index contributed by atoms with van der Waals surface area (Å²) in [6.07, 6.45) is -0.199. The van der Waals surface area contributed by atoms with Gasteiger partial charge in [-0.3, -0.25) is 9.59 Å². The average molecular weight is 276 g/mol. The van der Waals surface area contributed by atoms with E-state index in [4.69, 9.17) is 4.74 Å². The van der Waals surface area contributed by atoms with Crippen molar-refractivity contribution in [3.8, 4) is 0 Å². The molecule has 6 heteroatoms. The first-order valence-corrected chi connectivity index (χ1v) is 6.42. The van der Waals surface area contributed by atoms with Gasteiger partial charge in [0.25, 0.3) is 5.91 Å². The molecule has 0 saturated carbocycles. The smallest absolute Gasteiger partial charge is 0.329 e.